The van der Waals surface area contributed by atoms with Crippen LogP contribution in [0.4, 0.5) is 14.6 Å². The number of rotatable bonds is 4. The van der Waals surface area contributed by atoms with E-state index in [-0.39, 0.29) is 13.0 Å². The van der Waals surface area contributed by atoms with Crippen LogP contribution in [0.3, 0.4) is 0 Å². The molecule has 6 nitrogen and oxygen atoms in total. The van der Waals surface area contributed by atoms with E-state index in [1.165, 1.54) is 6.33 Å². The Morgan fingerprint density at radius 1 is 1.48 bits per heavy atom. The van der Waals surface area contributed by atoms with Crippen molar-refractivity contribution < 1.29 is 13.5 Å². The minimum atomic E-state index is -2.56. The predicted molar refractivity (Wildman–Crippen MR) is 73.6 cm³/mol. The van der Waals surface area contributed by atoms with E-state index in [1.807, 2.05) is 6.92 Å². The van der Waals surface area contributed by atoms with Crippen molar-refractivity contribution in [3.05, 3.63) is 18.1 Å². The van der Waals surface area contributed by atoms with Crippen molar-refractivity contribution in [1.29, 1.82) is 0 Å². The number of aromatic nitrogens is 3. The first-order valence-electron chi connectivity index (χ1n) is 6.78. The third-order valence-electron chi connectivity index (χ3n) is 3.72. The number of likely N-dealkylation sites (tertiary alicyclic amines) is 1. The number of halogens is 2. The molecule has 2 N–H and O–H groups in total. The second kappa shape index (κ2) is 5.10. The predicted octanol–water partition coefficient (Wildman–Crippen LogP) is 1.34. The number of nitrogens with two attached hydrogens (primary N) is 1. The van der Waals surface area contributed by atoms with Gasteiger partial charge in [0.05, 0.1) is 12.7 Å². The van der Waals surface area contributed by atoms with E-state index in [4.69, 9.17) is 10.5 Å². The summed E-state index contributed by atoms with van der Waals surface area (Å²) in [7, 11) is 0. The average molecular weight is 297 g/mol. The average Bonchev–Trinajstić information content (AvgIpc) is 2.92. The molecule has 2 aromatic heterocycles. The molecule has 2 aromatic rings. The van der Waals surface area contributed by atoms with Crippen LogP contribution >= 0.6 is 0 Å². The molecule has 1 aliphatic heterocycles. The van der Waals surface area contributed by atoms with Crippen LogP contribution in [-0.2, 0) is 0 Å². The zero-order valence-electron chi connectivity index (χ0n) is 11.7. The Kier molecular flexibility index (Phi) is 3.40. The second-order valence-electron chi connectivity index (χ2n) is 5.29. The Balaban J connectivity index is 1.64. The zero-order valence-corrected chi connectivity index (χ0v) is 11.7. The quantitative estimate of drug-likeness (QED) is 0.922. The van der Waals surface area contributed by atoms with E-state index in [0.717, 1.165) is 5.56 Å². The first-order valence-corrected chi connectivity index (χ1v) is 6.78. The van der Waals surface area contributed by atoms with Crippen molar-refractivity contribution in [2.45, 2.75) is 19.3 Å². The molecule has 21 heavy (non-hydrogen) atoms. The van der Waals surface area contributed by atoms with Gasteiger partial charge in [-0.05, 0) is 6.92 Å². The number of alkyl halides is 2. The van der Waals surface area contributed by atoms with Gasteiger partial charge in [0.2, 0.25) is 0 Å². The number of anilines is 1. The summed E-state index contributed by atoms with van der Waals surface area (Å²) in [6, 6.07) is 0. The summed E-state index contributed by atoms with van der Waals surface area (Å²) < 4.78 is 33.4. The lowest BCUT2D eigenvalue weighted by atomic mass is 10.3. The van der Waals surface area contributed by atoms with Gasteiger partial charge < -0.3 is 10.5 Å². The Morgan fingerprint density at radius 2 is 2.29 bits per heavy atom. The number of ether oxygens (including phenoxy) is 1. The molecule has 3 heterocycles. The highest BCUT2D eigenvalue weighted by Crippen LogP contribution is 2.28. The molecule has 0 radical (unpaired) electrons. The highest BCUT2D eigenvalue weighted by Gasteiger charge is 2.37. The lowest BCUT2D eigenvalue weighted by Gasteiger charge is -2.15. The molecule has 0 spiro atoms. The Bertz CT molecular complexity index is 657. The third kappa shape index (κ3) is 2.76. The van der Waals surface area contributed by atoms with E-state index >= 15 is 0 Å². The fourth-order valence-corrected chi connectivity index (χ4v) is 2.59. The molecule has 3 rings (SSSR count). The number of fused-ring (bicyclic) bond motifs is 1. The second-order valence-corrected chi connectivity index (χ2v) is 5.29. The third-order valence-corrected chi connectivity index (χ3v) is 3.72. The fourth-order valence-electron chi connectivity index (χ4n) is 2.59. The standard InChI is InChI=1S/C13H17F2N5O/c1-9-10(6-20-11(9)12(16)17-8-18-20)21-5-4-19-3-2-13(14,15)7-19/h6,8H,2-5,7H2,1H3,(H2,16,17,18). The van der Waals surface area contributed by atoms with Gasteiger partial charge in [0.1, 0.15) is 24.2 Å². The number of nitrogen functional groups attached to an aromatic ring is 1. The normalized spacial score (nSPS) is 18.4. The summed E-state index contributed by atoms with van der Waals surface area (Å²) in [5.74, 6) is -1.53. The highest BCUT2D eigenvalue weighted by molar-refractivity contribution is 5.72. The van der Waals surface area contributed by atoms with Crippen LogP contribution in [-0.4, -0.2) is 51.7 Å². The molecule has 0 atom stereocenters. The Labute approximate surface area is 120 Å². The maximum Gasteiger partial charge on any atom is 0.261 e. The molecular formula is C13H17F2N5O. The molecule has 0 unspecified atom stereocenters. The van der Waals surface area contributed by atoms with E-state index in [0.29, 0.717) is 36.8 Å². The van der Waals surface area contributed by atoms with Gasteiger partial charge in [-0.1, -0.05) is 0 Å². The number of nitrogens with zero attached hydrogens (tertiary/aromatic N) is 4. The number of hydrogen-bond acceptors (Lipinski definition) is 5. The molecule has 0 saturated carbocycles. The van der Waals surface area contributed by atoms with E-state index < -0.39 is 5.92 Å². The Hall–Kier alpha value is -1.96. The van der Waals surface area contributed by atoms with E-state index in [2.05, 4.69) is 10.1 Å². The van der Waals surface area contributed by atoms with Crippen molar-refractivity contribution in [3.63, 3.8) is 0 Å². The van der Waals surface area contributed by atoms with Crippen LogP contribution in [0.1, 0.15) is 12.0 Å². The van der Waals surface area contributed by atoms with Crippen molar-refractivity contribution in [2.24, 2.45) is 0 Å². The molecule has 0 bridgehead atoms. The van der Waals surface area contributed by atoms with Gasteiger partial charge in [-0.15, -0.1) is 0 Å². The van der Waals surface area contributed by atoms with Gasteiger partial charge in [0, 0.05) is 25.1 Å². The molecule has 1 aliphatic rings. The van der Waals surface area contributed by atoms with Gasteiger partial charge >= 0.3 is 0 Å². The molecule has 1 saturated heterocycles. The fraction of sp³-hybridized carbons (Fsp3) is 0.538. The van der Waals surface area contributed by atoms with Gasteiger partial charge in [-0.2, -0.15) is 5.10 Å². The first-order chi connectivity index (χ1) is 9.96. The summed E-state index contributed by atoms with van der Waals surface area (Å²) in [4.78, 5) is 5.65. The minimum Gasteiger partial charge on any atom is -0.490 e. The SMILES string of the molecule is Cc1c(OCCN2CCC(F)(F)C2)cn2ncnc(N)c12. The lowest BCUT2D eigenvalue weighted by molar-refractivity contribution is 0.0113. The molecule has 8 heteroatoms. The molecule has 0 amide bonds. The topological polar surface area (TPSA) is 68.7 Å². The largest absolute Gasteiger partial charge is 0.490 e. The van der Waals surface area contributed by atoms with E-state index in [9.17, 15) is 8.78 Å². The summed E-state index contributed by atoms with van der Waals surface area (Å²) in [5.41, 5.74) is 7.36. The maximum atomic E-state index is 13.1. The molecule has 0 aromatic carbocycles. The van der Waals surface area contributed by atoms with Crippen LogP contribution in [0.5, 0.6) is 5.75 Å². The number of aryl methyl sites for hydroxylation is 1. The van der Waals surface area contributed by atoms with Crippen LogP contribution in [0.2, 0.25) is 0 Å². The molecule has 1 fully saturated rings. The van der Waals surface area contributed by atoms with E-state index in [1.54, 1.807) is 15.6 Å². The highest BCUT2D eigenvalue weighted by atomic mass is 19.3. The molecule has 114 valence electrons. The van der Waals surface area contributed by atoms with Crippen molar-refractivity contribution in [1.82, 2.24) is 19.5 Å². The van der Waals surface area contributed by atoms with Crippen molar-refractivity contribution in [3.8, 4) is 5.75 Å². The summed E-state index contributed by atoms with van der Waals surface area (Å²) in [6.45, 7) is 2.91. The number of hydrogen-bond donors (Lipinski definition) is 1. The van der Waals surface area contributed by atoms with Gasteiger partial charge in [-0.3, -0.25) is 4.90 Å². The molecular weight excluding hydrogens is 280 g/mol. The van der Waals surface area contributed by atoms with Crippen LogP contribution in [0, 0.1) is 6.92 Å². The van der Waals surface area contributed by atoms with Crippen molar-refractivity contribution >= 4 is 11.3 Å². The monoisotopic (exact) mass is 297 g/mol. The van der Waals surface area contributed by atoms with Gasteiger partial charge in [0.25, 0.3) is 5.92 Å². The summed E-state index contributed by atoms with van der Waals surface area (Å²) >= 11 is 0. The van der Waals surface area contributed by atoms with Crippen LogP contribution in [0.25, 0.3) is 5.52 Å². The molecule has 0 aliphatic carbocycles. The maximum absolute atomic E-state index is 13.1. The Morgan fingerprint density at radius 3 is 2.95 bits per heavy atom. The van der Waals surface area contributed by atoms with Crippen LogP contribution in [0.15, 0.2) is 12.5 Å². The van der Waals surface area contributed by atoms with Crippen molar-refractivity contribution in [2.75, 3.05) is 32.0 Å². The zero-order chi connectivity index (χ0) is 15.0. The lowest BCUT2D eigenvalue weighted by Crippen LogP contribution is -2.29. The van der Waals surface area contributed by atoms with Gasteiger partial charge in [-0.25, -0.2) is 18.3 Å². The van der Waals surface area contributed by atoms with Gasteiger partial charge in [0.15, 0.2) is 5.82 Å². The first kappa shape index (κ1) is 14.0. The minimum absolute atomic E-state index is 0.0751. The van der Waals surface area contributed by atoms with Crippen LogP contribution < -0.4 is 10.5 Å². The summed E-state index contributed by atoms with van der Waals surface area (Å²) in [6.07, 6.45) is 3.02. The smallest absolute Gasteiger partial charge is 0.261 e. The summed E-state index contributed by atoms with van der Waals surface area (Å²) in [5, 5.41) is 4.06.